The number of hydrogen-bond donors (Lipinski definition) is 1. The predicted molar refractivity (Wildman–Crippen MR) is 82.3 cm³/mol. The first kappa shape index (κ1) is 15.1. The van der Waals surface area contributed by atoms with Crippen molar-refractivity contribution < 1.29 is 8.42 Å². The summed E-state index contributed by atoms with van der Waals surface area (Å²) in [4.78, 5) is 2.07. The molecule has 1 aromatic rings. The monoisotopic (exact) mass is 298 g/mol. The second-order valence-corrected chi connectivity index (χ2v) is 6.91. The molecule has 7 heteroatoms. The molecule has 0 atom stereocenters. The summed E-state index contributed by atoms with van der Waals surface area (Å²) < 4.78 is 28.2. The van der Waals surface area contributed by atoms with Gasteiger partial charge >= 0.3 is 10.2 Å². The maximum atomic E-state index is 12.7. The molecule has 0 aliphatic carbocycles. The van der Waals surface area contributed by atoms with Crippen LogP contribution in [0.1, 0.15) is 6.42 Å². The van der Waals surface area contributed by atoms with Gasteiger partial charge in [-0.15, -0.1) is 0 Å². The number of para-hydroxylation sites is 2. The van der Waals surface area contributed by atoms with Crippen molar-refractivity contribution in [3.8, 4) is 0 Å². The van der Waals surface area contributed by atoms with Gasteiger partial charge in [-0.05, 0) is 25.1 Å². The lowest BCUT2D eigenvalue weighted by Gasteiger charge is -2.37. The van der Waals surface area contributed by atoms with Crippen molar-refractivity contribution in [2.24, 2.45) is 5.73 Å². The summed E-state index contributed by atoms with van der Waals surface area (Å²) in [6, 6.07) is 7.57. The highest BCUT2D eigenvalue weighted by Crippen LogP contribution is 2.34. The van der Waals surface area contributed by atoms with E-state index in [2.05, 4.69) is 4.90 Å². The van der Waals surface area contributed by atoms with Crippen molar-refractivity contribution in [2.45, 2.75) is 6.42 Å². The fraction of sp³-hybridized carbons (Fsp3) is 0.538. The minimum atomic E-state index is -3.49. The molecule has 0 aromatic heterocycles. The van der Waals surface area contributed by atoms with Gasteiger partial charge in [0.05, 0.1) is 17.9 Å². The molecule has 0 fully saturated rings. The fourth-order valence-electron chi connectivity index (χ4n) is 2.32. The number of benzene rings is 1. The number of fused-ring (bicyclic) bond motifs is 1. The van der Waals surface area contributed by atoms with Crippen molar-refractivity contribution in [2.75, 3.05) is 49.5 Å². The number of nitrogens with two attached hydrogens (primary N) is 1. The molecule has 0 unspecified atom stereocenters. The number of nitrogens with zero attached hydrogens (tertiary/aromatic N) is 3. The molecule has 2 rings (SSSR count). The van der Waals surface area contributed by atoms with Crippen LogP contribution in [0.5, 0.6) is 0 Å². The molecule has 1 aliphatic rings. The molecule has 1 heterocycles. The van der Waals surface area contributed by atoms with E-state index in [4.69, 9.17) is 5.73 Å². The Hall–Kier alpha value is -1.31. The molecular weight excluding hydrogens is 276 g/mol. The number of rotatable bonds is 5. The highest BCUT2D eigenvalue weighted by molar-refractivity contribution is 7.90. The number of likely N-dealkylation sites (N-methyl/N-ethyl adjacent to an activating group) is 1. The Kier molecular flexibility index (Phi) is 4.52. The number of hydrogen-bond acceptors (Lipinski definition) is 4. The van der Waals surface area contributed by atoms with Crippen molar-refractivity contribution >= 4 is 21.6 Å². The van der Waals surface area contributed by atoms with E-state index in [1.807, 2.05) is 31.3 Å². The van der Waals surface area contributed by atoms with Crippen LogP contribution in [0.3, 0.4) is 0 Å². The first-order chi connectivity index (χ1) is 9.48. The van der Waals surface area contributed by atoms with E-state index in [9.17, 15) is 8.42 Å². The Morgan fingerprint density at radius 2 is 1.90 bits per heavy atom. The summed E-state index contributed by atoms with van der Waals surface area (Å²) >= 11 is 0. The third-order valence-electron chi connectivity index (χ3n) is 3.55. The summed E-state index contributed by atoms with van der Waals surface area (Å²) in [5.41, 5.74) is 7.13. The third-order valence-corrected chi connectivity index (χ3v) is 5.46. The standard InChI is InChI=1S/C13H22N4O2S/c1-15-10-11-17(13-7-4-3-6-12(13)15)20(18,19)16(2)9-5-8-14/h3-4,6-7H,5,8-11,14H2,1-2H3. The van der Waals surface area contributed by atoms with Gasteiger partial charge in [0.25, 0.3) is 0 Å². The van der Waals surface area contributed by atoms with Gasteiger partial charge in [0.2, 0.25) is 0 Å². The van der Waals surface area contributed by atoms with E-state index in [-0.39, 0.29) is 0 Å². The summed E-state index contributed by atoms with van der Waals surface area (Å²) in [5, 5.41) is 0. The lowest BCUT2D eigenvalue weighted by atomic mass is 10.2. The smallest absolute Gasteiger partial charge is 0.303 e. The van der Waals surface area contributed by atoms with Crippen LogP contribution >= 0.6 is 0 Å². The largest absolute Gasteiger partial charge is 0.371 e. The highest BCUT2D eigenvalue weighted by atomic mass is 32.2. The van der Waals surface area contributed by atoms with Crippen LogP contribution in [-0.4, -0.2) is 53.0 Å². The summed E-state index contributed by atoms with van der Waals surface area (Å²) in [6.45, 7) is 2.07. The molecule has 0 radical (unpaired) electrons. The van der Waals surface area contributed by atoms with Crippen LogP contribution in [0.25, 0.3) is 0 Å². The van der Waals surface area contributed by atoms with Gasteiger partial charge < -0.3 is 10.6 Å². The van der Waals surface area contributed by atoms with Crippen LogP contribution in [0.4, 0.5) is 11.4 Å². The van der Waals surface area contributed by atoms with Crippen molar-refractivity contribution in [1.82, 2.24) is 4.31 Å². The molecule has 2 N–H and O–H groups in total. The Morgan fingerprint density at radius 3 is 2.55 bits per heavy atom. The van der Waals surface area contributed by atoms with Gasteiger partial charge in [-0.2, -0.15) is 12.7 Å². The van der Waals surface area contributed by atoms with E-state index >= 15 is 0 Å². The highest BCUT2D eigenvalue weighted by Gasteiger charge is 2.31. The van der Waals surface area contributed by atoms with Gasteiger partial charge in [0, 0.05) is 27.2 Å². The topological polar surface area (TPSA) is 69.9 Å². The quantitative estimate of drug-likeness (QED) is 0.858. The van der Waals surface area contributed by atoms with Crippen LogP contribution < -0.4 is 14.9 Å². The van der Waals surface area contributed by atoms with E-state index in [1.54, 1.807) is 7.05 Å². The summed E-state index contributed by atoms with van der Waals surface area (Å²) in [7, 11) is 0.0896. The number of anilines is 2. The molecule has 1 aliphatic heterocycles. The van der Waals surface area contributed by atoms with Gasteiger partial charge in [0.1, 0.15) is 0 Å². The van der Waals surface area contributed by atoms with Crippen molar-refractivity contribution in [3.63, 3.8) is 0 Å². The van der Waals surface area contributed by atoms with E-state index in [0.29, 0.717) is 32.6 Å². The summed E-state index contributed by atoms with van der Waals surface area (Å²) in [5.74, 6) is 0. The first-order valence-corrected chi connectivity index (χ1v) is 8.12. The summed E-state index contributed by atoms with van der Waals surface area (Å²) in [6.07, 6.45) is 0.658. The molecule has 1 aromatic carbocycles. The average Bonchev–Trinajstić information content (AvgIpc) is 2.45. The van der Waals surface area contributed by atoms with Gasteiger partial charge in [-0.3, -0.25) is 4.31 Å². The van der Waals surface area contributed by atoms with Crippen LogP contribution in [-0.2, 0) is 10.2 Å². The minimum Gasteiger partial charge on any atom is -0.371 e. The van der Waals surface area contributed by atoms with Gasteiger partial charge in [0.15, 0.2) is 0 Å². The molecule has 20 heavy (non-hydrogen) atoms. The SMILES string of the molecule is CN1CCN(S(=O)(=O)N(C)CCCN)c2ccccc21. The second kappa shape index (κ2) is 5.99. The average molecular weight is 298 g/mol. The van der Waals surface area contributed by atoms with Crippen molar-refractivity contribution in [1.29, 1.82) is 0 Å². The zero-order valence-electron chi connectivity index (χ0n) is 12.0. The van der Waals surface area contributed by atoms with Crippen LogP contribution in [0, 0.1) is 0 Å². The van der Waals surface area contributed by atoms with E-state index in [0.717, 1.165) is 11.4 Å². The van der Waals surface area contributed by atoms with E-state index in [1.165, 1.54) is 8.61 Å². The molecule has 0 bridgehead atoms. The predicted octanol–water partition coefficient (Wildman–Crippen LogP) is 0.468. The normalized spacial score (nSPS) is 15.6. The Bertz CT molecular complexity index is 561. The molecular formula is C13H22N4O2S. The molecule has 0 spiro atoms. The van der Waals surface area contributed by atoms with Crippen LogP contribution in [0.2, 0.25) is 0 Å². The van der Waals surface area contributed by atoms with E-state index < -0.39 is 10.2 Å². The Morgan fingerprint density at radius 1 is 1.25 bits per heavy atom. The van der Waals surface area contributed by atoms with Gasteiger partial charge in [-0.1, -0.05) is 12.1 Å². The minimum absolute atomic E-state index is 0.438. The molecule has 0 saturated carbocycles. The third kappa shape index (κ3) is 2.74. The zero-order chi connectivity index (χ0) is 14.8. The maximum absolute atomic E-state index is 12.7. The zero-order valence-corrected chi connectivity index (χ0v) is 12.8. The Labute approximate surface area is 120 Å². The Balaban J connectivity index is 2.32. The fourth-order valence-corrected chi connectivity index (χ4v) is 3.73. The van der Waals surface area contributed by atoms with Gasteiger partial charge in [-0.25, -0.2) is 0 Å². The van der Waals surface area contributed by atoms with Crippen LogP contribution in [0.15, 0.2) is 24.3 Å². The lowest BCUT2D eigenvalue weighted by molar-refractivity contribution is 0.459. The maximum Gasteiger partial charge on any atom is 0.303 e. The molecule has 6 nitrogen and oxygen atoms in total. The molecule has 0 amide bonds. The lowest BCUT2D eigenvalue weighted by Crippen LogP contribution is -2.48. The first-order valence-electron chi connectivity index (χ1n) is 6.72. The molecule has 0 saturated heterocycles. The second-order valence-electron chi connectivity index (χ2n) is 4.95. The molecule has 112 valence electrons. The van der Waals surface area contributed by atoms with Crippen molar-refractivity contribution in [3.05, 3.63) is 24.3 Å².